The summed E-state index contributed by atoms with van der Waals surface area (Å²) >= 11 is 0. The van der Waals surface area contributed by atoms with Crippen LogP contribution >= 0.6 is 0 Å². The zero-order chi connectivity index (χ0) is 17.5. The van der Waals surface area contributed by atoms with Crippen molar-refractivity contribution >= 4 is 5.78 Å². The molecule has 136 valence electrons. The van der Waals surface area contributed by atoms with Crippen molar-refractivity contribution in [2.24, 2.45) is 45.8 Å². The van der Waals surface area contributed by atoms with Gasteiger partial charge in [-0.15, -0.1) is 0 Å². The molecule has 0 saturated heterocycles. The fourth-order valence-electron chi connectivity index (χ4n) is 8.41. The Kier molecular flexibility index (Phi) is 3.62. The summed E-state index contributed by atoms with van der Waals surface area (Å²) in [7, 11) is 0. The normalized spacial score (nSPS) is 56.3. The van der Waals surface area contributed by atoms with E-state index in [0.717, 1.165) is 31.1 Å². The highest BCUT2D eigenvalue weighted by molar-refractivity contribution is 5.85. The molecule has 0 radical (unpaired) electrons. The smallest absolute Gasteiger partial charge is 0.138 e. The van der Waals surface area contributed by atoms with Crippen LogP contribution in [0.2, 0.25) is 0 Å². The van der Waals surface area contributed by atoms with Crippen molar-refractivity contribution in [1.29, 1.82) is 0 Å². The van der Waals surface area contributed by atoms with E-state index in [9.17, 15) is 9.90 Å². The highest BCUT2D eigenvalue weighted by Gasteiger charge is 2.64. The average Bonchev–Trinajstić information content (AvgIpc) is 2.73. The van der Waals surface area contributed by atoms with Crippen LogP contribution in [0.15, 0.2) is 0 Å². The first-order valence-electron chi connectivity index (χ1n) is 10.3. The van der Waals surface area contributed by atoms with Gasteiger partial charge in [-0.2, -0.15) is 0 Å². The summed E-state index contributed by atoms with van der Waals surface area (Å²) in [5.74, 6) is 3.91. The van der Waals surface area contributed by atoms with Crippen molar-refractivity contribution < 1.29 is 9.90 Å². The summed E-state index contributed by atoms with van der Waals surface area (Å²) in [6, 6.07) is 0. The zero-order valence-corrected chi connectivity index (χ0v) is 16.3. The molecule has 24 heavy (non-hydrogen) atoms. The Morgan fingerprint density at radius 3 is 2.42 bits per heavy atom. The van der Waals surface area contributed by atoms with Crippen molar-refractivity contribution in [3.05, 3.63) is 0 Å². The molecule has 0 aromatic rings. The second-order valence-corrected chi connectivity index (χ2v) is 10.9. The summed E-state index contributed by atoms with van der Waals surface area (Å²) in [5.41, 5.74) is 0.332. The van der Waals surface area contributed by atoms with Crippen LogP contribution in [0.3, 0.4) is 0 Å². The van der Waals surface area contributed by atoms with Crippen LogP contribution < -0.4 is 0 Å². The maximum absolute atomic E-state index is 12.6. The van der Waals surface area contributed by atoms with E-state index < -0.39 is 0 Å². The number of aliphatic hydroxyl groups excluding tert-OH is 1. The van der Waals surface area contributed by atoms with Crippen LogP contribution in [0.25, 0.3) is 0 Å². The fourth-order valence-corrected chi connectivity index (χ4v) is 8.41. The third-order valence-corrected chi connectivity index (χ3v) is 9.62. The maximum atomic E-state index is 12.6. The lowest BCUT2D eigenvalue weighted by molar-refractivity contribution is -0.168. The van der Waals surface area contributed by atoms with Crippen molar-refractivity contribution in [3.63, 3.8) is 0 Å². The highest BCUT2D eigenvalue weighted by atomic mass is 16.3. The molecule has 0 amide bonds. The number of hydrogen-bond donors (Lipinski definition) is 1. The second-order valence-electron chi connectivity index (χ2n) is 10.9. The monoisotopic (exact) mass is 332 g/mol. The first-order valence-corrected chi connectivity index (χ1v) is 10.3. The zero-order valence-electron chi connectivity index (χ0n) is 16.3. The summed E-state index contributed by atoms with van der Waals surface area (Å²) in [6.45, 7) is 11.7. The molecule has 0 spiro atoms. The molecular weight excluding hydrogens is 296 g/mol. The molecule has 0 heterocycles. The van der Waals surface area contributed by atoms with Gasteiger partial charge in [0, 0.05) is 11.8 Å². The Bertz CT molecular complexity index is 552. The molecule has 4 saturated carbocycles. The van der Waals surface area contributed by atoms with Crippen LogP contribution in [0.1, 0.15) is 79.6 Å². The van der Waals surface area contributed by atoms with E-state index in [1.807, 2.05) is 0 Å². The highest BCUT2D eigenvalue weighted by Crippen LogP contribution is 2.68. The average molecular weight is 333 g/mol. The predicted octanol–water partition coefficient (Wildman–Crippen LogP) is 4.84. The lowest BCUT2D eigenvalue weighted by Gasteiger charge is -2.63. The molecule has 8 atom stereocenters. The first kappa shape index (κ1) is 17.1. The van der Waals surface area contributed by atoms with E-state index in [-0.39, 0.29) is 16.9 Å². The third kappa shape index (κ3) is 1.95. The van der Waals surface area contributed by atoms with Crippen LogP contribution in [0, 0.1) is 45.8 Å². The van der Waals surface area contributed by atoms with Gasteiger partial charge in [-0.05, 0) is 78.9 Å². The van der Waals surface area contributed by atoms with Gasteiger partial charge in [0.25, 0.3) is 0 Å². The van der Waals surface area contributed by atoms with Crippen molar-refractivity contribution in [1.82, 2.24) is 0 Å². The fraction of sp³-hybridized carbons (Fsp3) is 0.955. The van der Waals surface area contributed by atoms with Gasteiger partial charge < -0.3 is 5.11 Å². The molecule has 4 rings (SSSR count). The topological polar surface area (TPSA) is 37.3 Å². The standard InChI is InChI=1S/C22H36O2/c1-13-12-18(24)22(5)10-8-15-14(19(13)22)6-7-16-20(2,3)17(23)9-11-21(15,16)4/h13-16,18-19,24H,6-12H2,1-5H3/t13?,14-,15+,16+,18+,19+,21-,22-/m1/s1. The number of fused-ring (bicyclic) bond motifs is 5. The van der Waals surface area contributed by atoms with Crippen LogP contribution in [0.4, 0.5) is 0 Å². The molecule has 0 aromatic carbocycles. The van der Waals surface area contributed by atoms with E-state index >= 15 is 0 Å². The number of ketones is 1. The van der Waals surface area contributed by atoms with Gasteiger partial charge in [-0.25, -0.2) is 0 Å². The van der Waals surface area contributed by atoms with Crippen LogP contribution in [-0.4, -0.2) is 17.0 Å². The minimum Gasteiger partial charge on any atom is -0.393 e. The van der Waals surface area contributed by atoms with Crippen LogP contribution in [-0.2, 0) is 4.79 Å². The largest absolute Gasteiger partial charge is 0.393 e. The molecule has 4 aliphatic carbocycles. The van der Waals surface area contributed by atoms with Crippen molar-refractivity contribution in [2.45, 2.75) is 85.7 Å². The molecule has 4 fully saturated rings. The van der Waals surface area contributed by atoms with Gasteiger partial charge in [0.1, 0.15) is 5.78 Å². The lowest BCUT2D eigenvalue weighted by atomic mass is 9.41. The van der Waals surface area contributed by atoms with E-state index in [1.54, 1.807) is 0 Å². The molecule has 0 aliphatic heterocycles. The Morgan fingerprint density at radius 2 is 1.71 bits per heavy atom. The van der Waals surface area contributed by atoms with Gasteiger partial charge in [0.2, 0.25) is 0 Å². The number of rotatable bonds is 0. The maximum Gasteiger partial charge on any atom is 0.138 e. The number of carbonyl (C=O) groups excluding carboxylic acids is 1. The van der Waals surface area contributed by atoms with Crippen molar-refractivity contribution in [3.8, 4) is 0 Å². The van der Waals surface area contributed by atoms with Gasteiger partial charge in [0.15, 0.2) is 0 Å². The van der Waals surface area contributed by atoms with E-state index in [4.69, 9.17) is 0 Å². The Hall–Kier alpha value is -0.370. The summed E-state index contributed by atoms with van der Waals surface area (Å²) < 4.78 is 0. The molecular formula is C22H36O2. The van der Waals surface area contributed by atoms with Gasteiger partial charge >= 0.3 is 0 Å². The number of hydrogen-bond acceptors (Lipinski definition) is 2. The Morgan fingerprint density at radius 1 is 1.00 bits per heavy atom. The molecule has 0 aromatic heterocycles. The SMILES string of the molecule is CC1C[C@H](O)[C@@]2(C)CC[C@H]3[C@@H](CC[C@H]4C(C)(C)C(=O)CC[C@]34C)[C@H]12. The molecule has 2 nitrogen and oxygen atoms in total. The van der Waals surface area contributed by atoms with Crippen molar-refractivity contribution in [2.75, 3.05) is 0 Å². The number of carbonyl (C=O) groups is 1. The van der Waals surface area contributed by atoms with Gasteiger partial charge in [0.05, 0.1) is 6.10 Å². The first-order chi connectivity index (χ1) is 11.1. The van der Waals surface area contributed by atoms with Gasteiger partial charge in [-0.3, -0.25) is 4.79 Å². The minimum atomic E-state index is -0.139. The summed E-state index contributed by atoms with van der Waals surface area (Å²) in [5, 5.41) is 10.7. The van der Waals surface area contributed by atoms with E-state index in [2.05, 4.69) is 34.6 Å². The molecule has 1 N–H and O–H groups in total. The molecule has 1 unspecified atom stereocenters. The molecule has 0 bridgehead atoms. The third-order valence-electron chi connectivity index (χ3n) is 9.62. The second kappa shape index (κ2) is 5.09. The molecule has 2 heteroatoms. The van der Waals surface area contributed by atoms with Gasteiger partial charge in [-0.1, -0.05) is 34.6 Å². The Balaban J connectivity index is 1.70. The number of Topliss-reactive ketones (excluding diaryl/α,β-unsaturated/α-hetero) is 1. The predicted molar refractivity (Wildman–Crippen MR) is 96.5 cm³/mol. The summed E-state index contributed by atoms with van der Waals surface area (Å²) in [4.78, 5) is 12.6. The van der Waals surface area contributed by atoms with E-state index in [1.165, 1.54) is 25.7 Å². The molecule has 4 aliphatic rings. The minimum absolute atomic E-state index is 0.103. The quantitative estimate of drug-likeness (QED) is 0.689. The summed E-state index contributed by atoms with van der Waals surface area (Å²) in [6.07, 6.45) is 7.71. The number of aliphatic hydroxyl groups is 1. The van der Waals surface area contributed by atoms with Crippen LogP contribution in [0.5, 0.6) is 0 Å². The Labute approximate surface area is 147 Å². The van der Waals surface area contributed by atoms with E-state index in [0.29, 0.717) is 29.0 Å². The lowest BCUT2D eigenvalue weighted by Crippen LogP contribution is -2.59.